The van der Waals surface area contributed by atoms with E-state index >= 15 is 0 Å². The molecule has 1 heterocycles. The van der Waals surface area contributed by atoms with Crippen molar-refractivity contribution in [2.24, 2.45) is 0 Å². The quantitative estimate of drug-likeness (QED) is 0.489. The van der Waals surface area contributed by atoms with E-state index in [1.165, 1.54) is 50.9 Å². The molecule has 138 valence electrons. The first-order valence-electron chi connectivity index (χ1n) is 9.74. The Labute approximate surface area is 146 Å². The molecule has 1 aliphatic rings. The lowest BCUT2D eigenvalue weighted by atomic mass is 10.4. The zero-order chi connectivity index (χ0) is 17.3. The topological polar surface area (TPSA) is 24.9 Å². The first kappa shape index (κ1) is 21.3. The highest BCUT2D eigenvalue weighted by Crippen LogP contribution is 2.27. The summed E-state index contributed by atoms with van der Waals surface area (Å²) in [5.74, 6) is 0. The molecule has 23 heavy (non-hydrogen) atoms. The lowest BCUT2D eigenvalue weighted by Gasteiger charge is -2.38. The lowest BCUT2D eigenvalue weighted by Crippen LogP contribution is -2.51. The fourth-order valence-electron chi connectivity index (χ4n) is 4.06. The van der Waals surface area contributed by atoms with Gasteiger partial charge in [0.05, 0.1) is 0 Å². The molecule has 0 aliphatic carbocycles. The van der Waals surface area contributed by atoms with E-state index in [0.29, 0.717) is 0 Å². The van der Waals surface area contributed by atoms with E-state index in [-0.39, 0.29) is 0 Å². The van der Waals surface area contributed by atoms with Gasteiger partial charge in [0.1, 0.15) is 8.24 Å². The van der Waals surface area contributed by atoms with Crippen LogP contribution in [0.25, 0.3) is 0 Å². The van der Waals surface area contributed by atoms with Crippen LogP contribution in [0.1, 0.15) is 41.0 Å². The van der Waals surface area contributed by atoms with Crippen LogP contribution in [0, 0.1) is 0 Å². The molecule has 6 heteroatoms. The van der Waals surface area contributed by atoms with Crippen molar-refractivity contribution in [1.29, 1.82) is 0 Å². The molecule has 0 radical (unpaired) electrons. The molecule has 0 aromatic carbocycles. The smallest absolute Gasteiger partial charge is 0.334 e. The molecule has 1 aliphatic heterocycles. The molecule has 0 aromatic rings. The standard InChI is InChI=1S/C17H40N2O2Si2/c1-7-20-22(6,21-8-2)16-12-13-18-14-15-19(17-18)23(9-3,10-4)11-5/h7-17H2,1-6H3. The fourth-order valence-corrected chi connectivity index (χ4v) is 10.4. The highest BCUT2D eigenvalue weighted by atomic mass is 28.4. The predicted octanol–water partition coefficient (Wildman–Crippen LogP) is 4.10. The van der Waals surface area contributed by atoms with Gasteiger partial charge in [-0.2, -0.15) is 0 Å². The van der Waals surface area contributed by atoms with Crippen LogP contribution < -0.4 is 0 Å². The largest absolute Gasteiger partial charge is 0.395 e. The number of nitrogens with zero attached hydrogens (tertiary/aromatic N) is 2. The average Bonchev–Trinajstić information content (AvgIpc) is 2.99. The number of hydrogen-bond donors (Lipinski definition) is 0. The molecule has 0 bridgehead atoms. The summed E-state index contributed by atoms with van der Waals surface area (Å²) < 4.78 is 14.8. The number of hydrogen-bond acceptors (Lipinski definition) is 4. The molecular formula is C17H40N2O2Si2. The van der Waals surface area contributed by atoms with Crippen molar-refractivity contribution in [3.8, 4) is 0 Å². The van der Waals surface area contributed by atoms with Crippen LogP contribution in [0.2, 0.25) is 30.7 Å². The second kappa shape index (κ2) is 10.3. The summed E-state index contributed by atoms with van der Waals surface area (Å²) in [6, 6.07) is 5.30. The van der Waals surface area contributed by atoms with E-state index in [4.69, 9.17) is 8.85 Å². The van der Waals surface area contributed by atoms with Crippen LogP contribution >= 0.6 is 0 Å². The van der Waals surface area contributed by atoms with Crippen molar-refractivity contribution in [1.82, 2.24) is 9.47 Å². The van der Waals surface area contributed by atoms with E-state index < -0.39 is 16.8 Å². The van der Waals surface area contributed by atoms with Gasteiger partial charge in [-0.05, 0) is 57.5 Å². The average molecular weight is 361 g/mol. The number of rotatable bonds is 12. The third-order valence-electron chi connectivity index (χ3n) is 5.71. The zero-order valence-corrected chi connectivity index (χ0v) is 18.5. The SMILES string of the molecule is CCO[Si](C)(CCCN1CCN([Si](CC)(CC)CC)C1)OCC. The minimum atomic E-state index is -1.93. The summed E-state index contributed by atoms with van der Waals surface area (Å²) in [4.78, 5) is 2.65. The van der Waals surface area contributed by atoms with Gasteiger partial charge in [0, 0.05) is 33.0 Å². The fraction of sp³-hybridized carbons (Fsp3) is 1.00. The molecular weight excluding hydrogens is 320 g/mol. The van der Waals surface area contributed by atoms with Gasteiger partial charge in [-0.15, -0.1) is 0 Å². The lowest BCUT2D eigenvalue weighted by molar-refractivity contribution is 0.186. The summed E-state index contributed by atoms with van der Waals surface area (Å²) >= 11 is 0. The van der Waals surface area contributed by atoms with Crippen molar-refractivity contribution in [3.63, 3.8) is 0 Å². The normalized spacial score (nSPS) is 18.0. The summed E-state index contributed by atoms with van der Waals surface area (Å²) in [7, 11) is -3.10. The highest BCUT2D eigenvalue weighted by Gasteiger charge is 2.38. The van der Waals surface area contributed by atoms with E-state index in [2.05, 4.69) is 50.6 Å². The molecule has 1 fully saturated rings. The first-order chi connectivity index (χ1) is 11.0. The summed E-state index contributed by atoms with van der Waals surface area (Å²) in [6.07, 6.45) is 1.20. The molecule has 0 unspecified atom stereocenters. The van der Waals surface area contributed by atoms with Crippen molar-refractivity contribution < 1.29 is 8.85 Å². The maximum atomic E-state index is 5.96. The van der Waals surface area contributed by atoms with Gasteiger partial charge in [-0.25, -0.2) is 0 Å². The van der Waals surface area contributed by atoms with Crippen LogP contribution in [0.4, 0.5) is 0 Å². The third kappa shape index (κ3) is 5.94. The molecule has 0 N–H and O–H groups in total. The van der Waals surface area contributed by atoms with Gasteiger partial charge in [0.2, 0.25) is 0 Å². The van der Waals surface area contributed by atoms with Gasteiger partial charge in [-0.3, -0.25) is 4.90 Å². The Bertz CT molecular complexity index is 313. The summed E-state index contributed by atoms with van der Waals surface area (Å²) in [5.41, 5.74) is 0. The first-order valence-corrected chi connectivity index (χ1v) is 14.8. The maximum Gasteiger partial charge on any atom is 0.334 e. The molecule has 0 atom stereocenters. The maximum absolute atomic E-state index is 5.96. The Morgan fingerprint density at radius 1 is 0.870 bits per heavy atom. The molecule has 1 rings (SSSR count). The van der Waals surface area contributed by atoms with Crippen LogP contribution in [0.15, 0.2) is 0 Å². The van der Waals surface area contributed by atoms with Crippen molar-refractivity contribution >= 4 is 16.8 Å². The van der Waals surface area contributed by atoms with E-state index in [9.17, 15) is 0 Å². The van der Waals surface area contributed by atoms with Gasteiger partial charge in [-0.1, -0.05) is 20.8 Å². The highest BCUT2D eigenvalue weighted by molar-refractivity contribution is 6.77. The molecule has 1 saturated heterocycles. The van der Waals surface area contributed by atoms with Crippen molar-refractivity contribution in [3.05, 3.63) is 0 Å². The summed E-state index contributed by atoms with van der Waals surface area (Å²) in [6.45, 7) is 20.1. The predicted molar refractivity (Wildman–Crippen MR) is 105 cm³/mol. The summed E-state index contributed by atoms with van der Waals surface area (Å²) in [5, 5.41) is 0. The van der Waals surface area contributed by atoms with Gasteiger partial charge in [0.15, 0.2) is 0 Å². The van der Waals surface area contributed by atoms with E-state index in [1.807, 2.05) is 0 Å². The zero-order valence-electron chi connectivity index (χ0n) is 16.5. The van der Waals surface area contributed by atoms with E-state index in [0.717, 1.165) is 19.3 Å². The Morgan fingerprint density at radius 2 is 1.43 bits per heavy atom. The molecule has 0 saturated carbocycles. The molecule has 0 aromatic heterocycles. The molecule has 0 spiro atoms. The second-order valence-electron chi connectivity index (χ2n) is 6.91. The molecule has 4 nitrogen and oxygen atoms in total. The van der Waals surface area contributed by atoms with Crippen molar-refractivity contribution in [2.75, 3.05) is 39.5 Å². The van der Waals surface area contributed by atoms with Crippen LogP contribution in [-0.4, -0.2) is 65.8 Å². The minimum absolute atomic E-state index is 0.776. The monoisotopic (exact) mass is 360 g/mol. The third-order valence-corrected chi connectivity index (χ3v) is 14.4. The second-order valence-corrected chi connectivity index (χ2v) is 15.5. The van der Waals surface area contributed by atoms with Gasteiger partial charge in [0.25, 0.3) is 0 Å². The van der Waals surface area contributed by atoms with Crippen LogP contribution in [0.5, 0.6) is 0 Å². The van der Waals surface area contributed by atoms with Crippen LogP contribution in [-0.2, 0) is 8.85 Å². The van der Waals surface area contributed by atoms with Crippen LogP contribution in [0.3, 0.4) is 0 Å². The van der Waals surface area contributed by atoms with Gasteiger partial charge >= 0.3 is 8.56 Å². The Hall–Kier alpha value is 0.274. The van der Waals surface area contributed by atoms with Gasteiger partial charge < -0.3 is 13.4 Å². The van der Waals surface area contributed by atoms with Crippen molar-refractivity contribution in [2.45, 2.75) is 71.8 Å². The molecule has 0 amide bonds. The van der Waals surface area contributed by atoms with E-state index in [1.54, 1.807) is 0 Å². The minimum Gasteiger partial charge on any atom is -0.395 e. The Morgan fingerprint density at radius 3 is 1.91 bits per heavy atom. The Kier molecular flexibility index (Phi) is 9.55. The Balaban J connectivity index is 2.43.